The number of aromatic nitrogens is 1. The third-order valence-corrected chi connectivity index (χ3v) is 4.73. The van der Waals surface area contributed by atoms with Gasteiger partial charge in [0.05, 0.1) is 0 Å². The van der Waals surface area contributed by atoms with Gasteiger partial charge in [-0.1, -0.05) is 0 Å². The van der Waals surface area contributed by atoms with Crippen LogP contribution in [0.3, 0.4) is 0 Å². The van der Waals surface area contributed by atoms with E-state index in [2.05, 4.69) is 4.98 Å². The van der Waals surface area contributed by atoms with Crippen LogP contribution in [-0.2, 0) is 0 Å². The van der Waals surface area contributed by atoms with Crippen molar-refractivity contribution in [1.29, 1.82) is 0 Å². The Morgan fingerprint density at radius 1 is 0.882 bits per heavy atom. The van der Waals surface area contributed by atoms with E-state index in [0.29, 0.717) is 0 Å². The van der Waals surface area contributed by atoms with E-state index in [4.69, 9.17) is 0 Å². The molecule has 0 fully saturated rings. The first kappa shape index (κ1) is 10.4. The molecule has 0 saturated heterocycles. The van der Waals surface area contributed by atoms with Crippen LogP contribution in [0.5, 0.6) is 11.5 Å². The molecule has 84 valence electrons. The van der Waals surface area contributed by atoms with Crippen LogP contribution in [0.15, 0.2) is 42.5 Å². The first-order valence-electron chi connectivity index (χ1n) is 5.11. The number of fused-ring (bicyclic) bond motifs is 1. The van der Waals surface area contributed by atoms with Crippen LogP contribution >= 0.6 is 0 Å². The van der Waals surface area contributed by atoms with E-state index in [-0.39, 0.29) is 26.0 Å². The number of rotatable bonds is 1. The maximum atomic E-state index is 9.42. The molecule has 0 radical (unpaired) electrons. The standard InChI is InChI=1S/C13H9NO2Se/c15-9-3-1-8(2-4-9)13-14-11-6-5-10(16)7-12(11)17-13/h1-7,15-16H. The van der Waals surface area contributed by atoms with Gasteiger partial charge < -0.3 is 0 Å². The van der Waals surface area contributed by atoms with Crippen molar-refractivity contribution in [2.45, 2.75) is 0 Å². The average Bonchev–Trinajstić information content (AvgIpc) is 2.72. The van der Waals surface area contributed by atoms with Gasteiger partial charge in [0.1, 0.15) is 0 Å². The molecule has 3 aromatic rings. The molecule has 1 aromatic heterocycles. The summed E-state index contributed by atoms with van der Waals surface area (Å²) in [5, 5.41) is 18.7. The van der Waals surface area contributed by atoms with Gasteiger partial charge in [0.25, 0.3) is 0 Å². The third-order valence-electron chi connectivity index (χ3n) is 2.49. The van der Waals surface area contributed by atoms with Crippen LogP contribution in [0.25, 0.3) is 19.9 Å². The molecule has 0 saturated carbocycles. The molecule has 0 spiro atoms. The van der Waals surface area contributed by atoms with Crippen molar-refractivity contribution in [1.82, 2.24) is 4.98 Å². The summed E-state index contributed by atoms with van der Waals surface area (Å²) in [6, 6.07) is 12.3. The molecular formula is C13H9NO2Se. The third kappa shape index (κ3) is 1.93. The molecule has 0 aliphatic heterocycles. The molecule has 2 N–H and O–H groups in total. The van der Waals surface area contributed by atoms with Gasteiger partial charge in [-0.15, -0.1) is 0 Å². The predicted molar refractivity (Wildman–Crippen MR) is 67.4 cm³/mol. The molecule has 0 unspecified atom stereocenters. The van der Waals surface area contributed by atoms with Crippen LogP contribution in [0.2, 0.25) is 0 Å². The maximum absolute atomic E-state index is 9.42. The number of nitrogens with zero attached hydrogens (tertiary/aromatic N) is 1. The van der Waals surface area contributed by atoms with Gasteiger partial charge in [-0.05, 0) is 0 Å². The summed E-state index contributed by atoms with van der Waals surface area (Å²) in [6.45, 7) is 0. The van der Waals surface area contributed by atoms with Gasteiger partial charge in [-0.3, -0.25) is 0 Å². The SMILES string of the molecule is Oc1ccc(-c2nc3ccc(O)cc3[se]2)cc1. The fourth-order valence-electron chi connectivity index (χ4n) is 1.64. The van der Waals surface area contributed by atoms with Crippen molar-refractivity contribution in [2.75, 3.05) is 0 Å². The monoisotopic (exact) mass is 291 g/mol. The molecule has 0 amide bonds. The van der Waals surface area contributed by atoms with Gasteiger partial charge in [0.2, 0.25) is 0 Å². The summed E-state index contributed by atoms with van der Waals surface area (Å²) in [6.07, 6.45) is 0. The Morgan fingerprint density at radius 2 is 1.59 bits per heavy atom. The Labute approximate surface area is 104 Å². The van der Waals surface area contributed by atoms with E-state index in [0.717, 1.165) is 19.9 Å². The molecule has 3 rings (SSSR count). The predicted octanol–water partition coefficient (Wildman–Crippen LogP) is 2.37. The van der Waals surface area contributed by atoms with Crippen LogP contribution in [0.1, 0.15) is 0 Å². The number of hydrogen-bond acceptors (Lipinski definition) is 3. The number of phenolic OH excluding ortho intramolecular Hbond substituents is 2. The van der Waals surface area contributed by atoms with E-state index < -0.39 is 0 Å². The fourth-order valence-corrected chi connectivity index (χ4v) is 3.75. The Balaban J connectivity index is 2.14. The second-order valence-corrected chi connectivity index (χ2v) is 5.88. The first-order chi connectivity index (χ1) is 8.22. The van der Waals surface area contributed by atoms with Crippen LogP contribution < -0.4 is 0 Å². The Bertz CT molecular complexity index is 673. The van der Waals surface area contributed by atoms with Crippen molar-refractivity contribution >= 4 is 24.3 Å². The molecule has 0 bridgehead atoms. The van der Waals surface area contributed by atoms with Crippen LogP contribution in [0, 0.1) is 0 Å². The molecule has 0 aliphatic carbocycles. The second kappa shape index (κ2) is 3.91. The summed E-state index contributed by atoms with van der Waals surface area (Å²) >= 11 is 0.116. The Hall–Kier alpha value is -1.77. The molecule has 3 nitrogen and oxygen atoms in total. The van der Waals surface area contributed by atoms with Crippen LogP contribution in [0.4, 0.5) is 0 Å². The number of benzene rings is 2. The summed E-state index contributed by atoms with van der Waals surface area (Å²) in [5.41, 5.74) is 1.96. The quantitative estimate of drug-likeness (QED) is 0.677. The van der Waals surface area contributed by atoms with E-state index in [1.54, 1.807) is 24.3 Å². The average molecular weight is 290 g/mol. The van der Waals surface area contributed by atoms with Gasteiger partial charge in [-0.2, -0.15) is 0 Å². The normalized spacial score (nSPS) is 10.8. The van der Waals surface area contributed by atoms with Gasteiger partial charge >= 0.3 is 104 Å². The number of phenols is 2. The first-order valence-corrected chi connectivity index (χ1v) is 6.83. The minimum atomic E-state index is 0.116. The minimum absolute atomic E-state index is 0.116. The Morgan fingerprint density at radius 3 is 2.35 bits per heavy atom. The molecule has 0 atom stereocenters. The van der Waals surface area contributed by atoms with Crippen LogP contribution in [-0.4, -0.2) is 29.7 Å². The van der Waals surface area contributed by atoms with E-state index in [1.807, 2.05) is 18.2 Å². The van der Waals surface area contributed by atoms with E-state index in [1.165, 1.54) is 0 Å². The zero-order valence-electron chi connectivity index (χ0n) is 8.79. The van der Waals surface area contributed by atoms with Crippen molar-refractivity contribution in [3.63, 3.8) is 0 Å². The van der Waals surface area contributed by atoms with Crippen molar-refractivity contribution in [3.05, 3.63) is 42.5 Å². The van der Waals surface area contributed by atoms with Crippen molar-refractivity contribution in [3.8, 4) is 21.6 Å². The Kier molecular flexibility index (Phi) is 2.39. The zero-order chi connectivity index (χ0) is 11.8. The molecule has 4 heteroatoms. The fraction of sp³-hybridized carbons (Fsp3) is 0. The summed E-state index contributed by atoms with van der Waals surface area (Å²) in [7, 11) is 0. The second-order valence-electron chi connectivity index (χ2n) is 3.72. The van der Waals surface area contributed by atoms with Crippen molar-refractivity contribution in [2.24, 2.45) is 0 Å². The summed E-state index contributed by atoms with van der Waals surface area (Å²) in [4.78, 5) is 4.54. The molecule has 0 aliphatic rings. The topological polar surface area (TPSA) is 53.4 Å². The van der Waals surface area contributed by atoms with Gasteiger partial charge in [0, 0.05) is 0 Å². The number of hydrogen-bond donors (Lipinski definition) is 2. The van der Waals surface area contributed by atoms with Gasteiger partial charge in [0.15, 0.2) is 0 Å². The molecule has 2 aromatic carbocycles. The van der Waals surface area contributed by atoms with Crippen molar-refractivity contribution < 1.29 is 10.2 Å². The van der Waals surface area contributed by atoms with E-state index in [9.17, 15) is 10.2 Å². The molecule has 17 heavy (non-hydrogen) atoms. The molecular weight excluding hydrogens is 281 g/mol. The van der Waals surface area contributed by atoms with E-state index >= 15 is 0 Å². The summed E-state index contributed by atoms with van der Waals surface area (Å²) < 4.78 is 2.12. The number of aromatic hydroxyl groups is 2. The molecule has 1 heterocycles. The van der Waals surface area contributed by atoms with Gasteiger partial charge in [-0.25, -0.2) is 0 Å². The zero-order valence-corrected chi connectivity index (χ0v) is 10.5. The summed E-state index contributed by atoms with van der Waals surface area (Å²) in [5.74, 6) is 0.544.